The van der Waals surface area contributed by atoms with Gasteiger partial charge in [0, 0.05) is 24.7 Å². The number of anilines is 1. The molecule has 0 fully saturated rings. The molecule has 0 aliphatic carbocycles. The Labute approximate surface area is 91.5 Å². The SMILES string of the molecule is CC1=Nc2c3c(nc(=O)ccc3cn2C)N1. The largest absolute Gasteiger partial charge is 0.335 e. The lowest BCUT2D eigenvalue weighted by Gasteiger charge is -2.10. The molecule has 80 valence electrons. The number of aromatic nitrogens is 2. The Balaban J connectivity index is 2.56. The molecule has 0 saturated carbocycles. The highest BCUT2D eigenvalue weighted by molar-refractivity contribution is 6.11. The standard InChI is InChI=1S/C11H10N4O/c1-6-12-10-9-7(3-4-8(16)14-10)5-15(2)11(9)13-6/h3-5H,1-2H3,(H,12,13,14,16). The van der Waals surface area contributed by atoms with Gasteiger partial charge in [-0.15, -0.1) is 0 Å². The van der Waals surface area contributed by atoms with Crippen LogP contribution in [0.5, 0.6) is 0 Å². The van der Waals surface area contributed by atoms with E-state index in [9.17, 15) is 4.79 Å². The number of aliphatic imine (C=N–C) groups is 1. The highest BCUT2D eigenvalue weighted by Gasteiger charge is 2.16. The Bertz CT molecular complexity index is 684. The summed E-state index contributed by atoms with van der Waals surface area (Å²) in [4.78, 5) is 19.8. The van der Waals surface area contributed by atoms with Crippen LogP contribution < -0.4 is 10.9 Å². The van der Waals surface area contributed by atoms with E-state index in [2.05, 4.69) is 15.3 Å². The maximum absolute atomic E-state index is 11.4. The summed E-state index contributed by atoms with van der Waals surface area (Å²) in [6.07, 6.45) is 1.94. The molecule has 2 aromatic heterocycles. The zero-order valence-corrected chi connectivity index (χ0v) is 8.98. The van der Waals surface area contributed by atoms with Crippen LogP contribution in [0.15, 0.2) is 28.1 Å². The lowest BCUT2D eigenvalue weighted by Crippen LogP contribution is -2.14. The summed E-state index contributed by atoms with van der Waals surface area (Å²) in [5, 5.41) is 4.89. The molecule has 0 atom stereocenters. The monoisotopic (exact) mass is 214 g/mol. The summed E-state index contributed by atoms with van der Waals surface area (Å²) in [7, 11) is 1.93. The minimum Gasteiger partial charge on any atom is -0.335 e. The molecule has 3 rings (SSSR count). The summed E-state index contributed by atoms with van der Waals surface area (Å²) in [6, 6.07) is 3.24. The first kappa shape index (κ1) is 9.08. The molecule has 0 spiro atoms. The molecule has 0 radical (unpaired) electrons. The molecule has 0 saturated heterocycles. The number of hydrogen-bond donors (Lipinski definition) is 1. The van der Waals surface area contributed by atoms with Gasteiger partial charge in [0.1, 0.15) is 17.5 Å². The molecular weight excluding hydrogens is 204 g/mol. The number of aryl methyl sites for hydroxylation is 1. The second-order valence-corrected chi connectivity index (χ2v) is 3.85. The number of amidine groups is 1. The van der Waals surface area contributed by atoms with Crippen LogP contribution in [0.4, 0.5) is 11.6 Å². The van der Waals surface area contributed by atoms with E-state index in [4.69, 9.17) is 0 Å². The Kier molecular flexibility index (Phi) is 1.65. The first-order valence-electron chi connectivity index (χ1n) is 4.98. The average molecular weight is 214 g/mol. The van der Waals surface area contributed by atoms with Gasteiger partial charge in [0.25, 0.3) is 5.56 Å². The van der Waals surface area contributed by atoms with Gasteiger partial charge in [0.15, 0.2) is 0 Å². The van der Waals surface area contributed by atoms with E-state index in [0.717, 1.165) is 22.4 Å². The van der Waals surface area contributed by atoms with Crippen molar-refractivity contribution in [2.24, 2.45) is 12.0 Å². The fourth-order valence-electron chi connectivity index (χ4n) is 1.96. The van der Waals surface area contributed by atoms with Crippen molar-refractivity contribution in [2.75, 3.05) is 5.32 Å². The van der Waals surface area contributed by atoms with Crippen molar-refractivity contribution in [3.63, 3.8) is 0 Å². The van der Waals surface area contributed by atoms with Crippen molar-refractivity contribution in [3.05, 3.63) is 28.7 Å². The molecule has 1 aliphatic heterocycles. The Hall–Kier alpha value is -2.17. The van der Waals surface area contributed by atoms with Gasteiger partial charge in [-0.05, 0) is 13.0 Å². The summed E-state index contributed by atoms with van der Waals surface area (Å²) in [5.41, 5.74) is -0.248. The molecule has 1 aliphatic rings. The topological polar surface area (TPSA) is 59.3 Å². The third-order valence-electron chi connectivity index (χ3n) is 2.62. The molecule has 0 bridgehead atoms. The number of hydrogen-bond acceptors (Lipinski definition) is 4. The van der Waals surface area contributed by atoms with Gasteiger partial charge < -0.3 is 9.88 Å². The van der Waals surface area contributed by atoms with Gasteiger partial charge in [0.2, 0.25) is 0 Å². The summed E-state index contributed by atoms with van der Waals surface area (Å²) < 4.78 is 1.94. The lowest BCUT2D eigenvalue weighted by molar-refractivity contribution is 0.929. The van der Waals surface area contributed by atoms with Crippen molar-refractivity contribution in [3.8, 4) is 0 Å². The molecule has 16 heavy (non-hydrogen) atoms. The maximum atomic E-state index is 11.4. The Morgan fingerprint density at radius 1 is 1.38 bits per heavy atom. The molecule has 0 unspecified atom stereocenters. The zero-order valence-electron chi connectivity index (χ0n) is 8.98. The third-order valence-corrected chi connectivity index (χ3v) is 2.62. The quantitative estimate of drug-likeness (QED) is 0.721. The summed E-state index contributed by atoms with van der Waals surface area (Å²) in [6.45, 7) is 1.85. The van der Waals surface area contributed by atoms with Crippen LogP contribution in [0.3, 0.4) is 0 Å². The number of nitrogens with zero attached hydrogens (tertiary/aromatic N) is 3. The molecule has 0 aromatic carbocycles. The van der Waals surface area contributed by atoms with Gasteiger partial charge >= 0.3 is 0 Å². The minimum atomic E-state index is -0.248. The molecule has 1 N–H and O–H groups in total. The molecular formula is C11H10N4O. The predicted octanol–water partition coefficient (Wildman–Crippen LogP) is 1.41. The first-order valence-corrected chi connectivity index (χ1v) is 4.98. The molecule has 3 heterocycles. The number of rotatable bonds is 0. The smallest absolute Gasteiger partial charge is 0.271 e. The fourth-order valence-corrected chi connectivity index (χ4v) is 1.96. The molecule has 2 aromatic rings. The first-order chi connectivity index (χ1) is 7.65. The number of nitrogens with one attached hydrogen (secondary N) is 1. The Morgan fingerprint density at radius 2 is 2.19 bits per heavy atom. The van der Waals surface area contributed by atoms with Crippen LogP contribution >= 0.6 is 0 Å². The molecule has 5 nitrogen and oxygen atoms in total. The minimum absolute atomic E-state index is 0.248. The van der Waals surface area contributed by atoms with E-state index in [-0.39, 0.29) is 5.56 Å². The predicted molar refractivity (Wildman–Crippen MR) is 63.4 cm³/mol. The molecule has 5 heteroatoms. The van der Waals surface area contributed by atoms with Crippen molar-refractivity contribution in [2.45, 2.75) is 6.92 Å². The van der Waals surface area contributed by atoms with Crippen LogP contribution in [0.1, 0.15) is 6.92 Å². The van der Waals surface area contributed by atoms with Gasteiger partial charge in [-0.1, -0.05) is 0 Å². The summed E-state index contributed by atoms with van der Waals surface area (Å²) >= 11 is 0. The van der Waals surface area contributed by atoms with Gasteiger partial charge in [-0.25, -0.2) is 4.99 Å². The van der Waals surface area contributed by atoms with E-state index in [1.54, 1.807) is 6.07 Å². The fraction of sp³-hybridized carbons (Fsp3) is 0.182. The Morgan fingerprint density at radius 3 is 3.00 bits per heavy atom. The maximum Gasteiger partial charge on any atom is 0.271 e. The van der Waals surface area contributed by atoms with Crippen LogP contribution in [0, 0.1) is 0 Å². The summed E-state index contributed by atoms with van der Waals surface area (Å²) in [5.74, 6) is 2.17. The van der Waals surface area contributed by atoms with Crippen molar-refractivity contribution < 1.29 is 0 Å². The van der Waals surface area contributed by atoms with E-state index in [0.29, 0.717) is 5.82 Å². The van der Waals surface area contributed by atoms with Crippen LogP contribution in [-0.2, 0) is 7.05 Å². The average Bonchev–Trinajstić information content (AvgIpc) is 2.43. The van der Waals surface area contributed by atoms with Crippen LogP contribution in [0.2, 0.25) is 0 Å². The highest BCUT2D eigenvalue weighted by Crippen LogP contribution is 2.34. The van der Waals surface area contributed by atoms with E-state index in [1.807, 2.05) is 24.7 Å². The zero-order chi connectivity index (χ0) is 11.3. The van der Waals surface area contributed by atoms with Crippen molar-refractivity contribution in [1.82, 2.24) is 9.55 Å². The van der Waals surface area contributed by atoms with Gasteiger partial charge in [-0.2, -0.15) is 4.98 Å². The van der Waals surface area contributed by atoms with E-state index in [1.165, 1.54) is 6.07 Å². The normalized spacial score (nSPS) is 13.5. The van der Waals surface area contributed by atoms with Crippen LogP contribution in [0.25, 0.3) is 10.8 Å². The van der Waals surface area contributed by atoms with Crippen LogP contribution in [-0.4, -0.2) is 15.4 Å². The second-order valence-electron chi connectivity index (χ2n) is 3.85. The highest BCUT2D eigenvalue weighted by atomic mass is 16.1. The van der Waals surface area contributed by atoms with Gasteiger partial charge in [0.05, 0.1) is 5.39 Å². The van der Waals surface area contributed by atoms with Crippen molar-refractivity contribution >= 4 is 28.2 Å². The van der Waals surface area contributed by atoms with Crippen molar-refractivity contribution in [1.29, 1.82) is 0 Å². The van der Waals surface area contributed by atoms with E-state index >= 15 is 0 Å². The van der Waals surface area contributed by atoms with Gasteiger partial charge in [-0.3, -0.25) is 4.79 Å². The lowest BCUT2D eigenvalue weighted by atomic mass is 10.2. The third kappa shape index (κ3) is 1.14. The molecule has 0 amide bonds. The second kappa shape index (κ2) is 2.91. The van der Waals surface area contributed by atoms with E-state index < -0.39 is 0 Å².